The second-order valence-electron chi connectivity index (χ2n) is 4.55. The smallest absolute Gasteiger partial charge is 0.282 e. The minimum absolute atomic E-state index is 0.0826. The van der Waals surface area contributed by atoms with Crippen LogP contribution in [0.1, 0.15) is 10.4 Å². The predicted octanol–water partition coefficient (Wildman–Crippen LogP) is 2.63. The van der Waals surface area contributed by atoms with Crippen LogP contribution < -0.4 is 9.64 Å². The Hall–Kier alpha value is -2.89. The van der Waals surface area contributed by atoms with E-state index in [1.165, 1.54) is 17.0 Å². The number of anilines is 1. The van der Waals surface area contributed by atoms with Crippen LogP contribution in [0.25, 0.3) is 0 Å². The predicted molar refractivity (Wildman–Crippen MR) is 76.7 cm³/mol. The quantitative estimate of drug-likeness (QED) is 0.627. The molecule has 0 N–H and O–H groups in total. The fraction of sp³-hybridized carbons (Fsp3) is 0.133. The molecule has 21 heavy (non-hydrogen) atoms. The number of carbonyl (C=O) groups is 1. The molecule has 0 unspecified atom stereocenters. The normalized spacial score (nSPS) is 13.2. The molecule has 0 saturated heterocycles. The molecule has 0 aromatic heterocycles. The molecular weight excluding hydrogens is 272 g/mol. The number of nitro benzene ring substituents is 1. The summed E-state index contributed by atoms with van der Waals surface area (Å²) in [5.41, 5.74) is 0.526. The topological polar surface area (TPSA) is 72.7 Å². The van der Waals surface area contributed by atoms with Crippen LogP contribution in [0.4, 0.5) is 11.4 Å². The van der Waals surface area contributed by atoms with Crippen LogP contribution in [-0.2, 0) is 0 Å². The molecule has 0 spiro atoms. The summed E-state index contributed by atoms with van der Waals surface area (Å²) in [5.74, 6) is 0.216. The van der Waals surface area contributed by atoms with Crippen molar-refractivity contribution in [3.63, 3.8) is 0 Å². The van der Waals surface area contributed by atoms with Crippen LogP contribution in [0.2, 0.25) is 0 Å². The fourth-order valence-electron chi connectivity index (χ4n) is 2.34. The number of hydrogen-bond donors (Lipinski definition) is 0. The number of amides is 1. The van der Waals surface area contributed by atoms with Crippen molar-refractivity contribution < 1.29 is 14.5 Å². The second-order valence-corrected chi connectivity index (χ2v) is 4.55. The molecule has 1 heterocycles. The van der Waals surface area contributed by atoms with Crippen molar-refractivity contribution >= 4 is 17.3 Å². The Morgan fingerprint density at radius 2 is 1.86 bits per heavy atom. The van der Waals surface area contributed by atoms with E-state index < -0.39 is 10.8 Å². The van der Waals surface area contributed by atoms with Crippen LogP contribution in [0.15, 0.2) is 48.5 Å². The Morgan fingerprint density at radius 3 is 2.67 bits per heavy atom. The second kappa shape index (κ2) is 5.24. The molecule has 3 rings (SSSR count). The van der Waals surface area contributed by atoms with Crippen molar-refractivity contribution in [3.8, 4) is 5.75 Å². The van der Waals surface area contributed by atoms with Crippen molar-refractivity contribution in [2.75, 3.05) is 18.1 Å². The molecule has 1 amide bonds. The zero-order valence-corrected chi connectivity index (χ0v) is 11.1. The largest absolute Gasteiger partial charge is 0.490 e. The van der Waals surface area contributed by atoms with E-state index in [0.717, 1.165) is 0 Å². The summed E-state index contributed by atoms with van der Waals surface area (Å²) in [6, 6.07) is 13.1. The van der Waals surface area contributed by atoms with Crippen LogP contribution in [0.3, 0.4) is 0 Å². The van der Waals surface area contributed by atoms with Gasteiger partial charge in [-0.2, -0.15) is 0 Å². The first-order chi connectivity index (χ1) is 10.2. The van der Waals surface area contributed by atoms with Crippen molar-refractivity contribution in [1.82, 2.24) is 0 Å². The number of benzene rings is 2. The van der Waals surface area contributed by atoms with Gasteiger partial charge in [-0.05, 0) is 18.2 Å². The van der Waals surface area contributed by atoms with Crippen LogP contribution in [0.5, 0.6) is 5.75 Å². The number of rotatable bonds is 2. The van der Waals surface area contributed by atoms with Gasteiger partial charge in [0.1, 0.15) is 17.9 Å². The summed E-state index contributed by atoms with van der Waals surface area (Å²) >= 11 is 0. The molecule has 2 aromatic carbocycles. The summed E-state index contributed by atoms with van der Waals surface area (Å²) in [6.45, 7) is 0.727. The molecule has 106 valence electrons. The third-order valence-corrected chi connectivity index (χ3v) is 3.30. The van der Waals surface area contributed by atoms with Gasteiger partial charge < -0.3 is 9.64 Å². The van der Waals surface area contributed by atoms with Gasteiger partial charge in [0.15, 0.2) is 0 Å². The molecule has 0 atom stereocenters. The molecule has 0 radical (unpaired) electrons. The van der Waals surface area contributed by atoms with Crippen LogP contribution in [-0.4, -0.2) is 24.0 Å². The summed E-state index contributed by atoms with van der Waals surface area (Å²) in [7, 11) is 0. The monoisotopic (exact) mass is 284 g/mol. The zero-order chi connectivity index (χ0) is 14.8. The van der Waals surface area contributed by atoms with Gasteiger partial charge in [0.25, 0.3) is 11.6 Å². The van der Waals surface area contributed by atoms with E-state index in [4.69, 9.17) is 4.74 Å². The maximum absolute atomic E-state index is 12.7. The number of para-hydroxylation sites is 3. The summed E-state index contributed by atoms with van der Waals surface area (Å²) in [6.07, 6.45) is 0. The number of nitrogens with zero attached hydrogens (tertiary/aromatic N) is 2. The van der Waals surface area contributed by atoms with E-state index in [2.05, 4.69) is 0 Å². The SMILES string of the molecule is O=C(c1ccccc1[N+](=O)[O-])N1CCOc2ccccc21. The van der Waals surface area contributed by atoms with E-state index in [9.17, 15) is 14.9 Å². The van der Waals surface area contributed by atoms with E-state index in [1.807, 2.05) is 6.07 Å². The minimum atomic E-state index is -0.542. The molecule has 1 aliphatic heterocycles. The van der Waals surface area contributed by atoms with Crippen molar-refractivity contribution in [1.29, 1.82) is 0 Å². The molecule has 1 aliphatic rings. The van der Waals surface area contributed by atoms with Crippen LogP contribution in [0, 0.1) is 10.1 Å². The van der Waals surface area contributed by atoms with Crippen molar-refractivity contribution in [2.45, 2.75) is 0 Å². The maximum Gasteiger partial charge on any atom is 0.282 e. The van der Waals surface area contributed by atoms with Gasteiger partial charge in [-0.25, -0.2) is 0 Å². The highest BCUT2D eigenvalue weighted by Gasteiger charge is 2.28. The van der Waals surface area contributed by atoms with Gasteiger partial charge in [0, 0.05) is 6.07 Å². The van der Waals surface area contributed by atoms with Gasteiger partial charge in [-0.3, -0.25) is 14.9 Å². The minimum Gasteiger partial charge on any atom is -0.490 e. The van der Waals surface area contributed by atoms with Gasteiger partial charge >= 0.3 is 0 Å². The fourth-order valence-corrected chi connectivity index (χ4v) is 2.34. The molecule has 0 bridgehead atoms. The lowest BCUT2D eigenvalue weighted by Gasteiger charge is -2.29. The molecule has 6 nitrogen and oxygen atoms in total. The van der Waals surface area contributed by atoms with Crippen molar-refractivity contribution in [3.05, 3.63) is 64.2 Å². The first-order valence-corrected chi connectivity index (χ1v) is 6.45. The van der Waals surface area contributed by atoms with Crippen molar-refractivity contribution in [2.24, 2.45) is 0 Å². The average Bonchev–Trinajstić information content (AvgIpc) is 2.53. The van der Waals surface area contributed by atoms with Gasteiger partial charge in [0.05, 0.1) is 17.2 Å². The Labute approximate surface area is 120 Å². The molecule has 0 fully saturated rings. The third kappa shape index (κ3) is 2.31. The summed E-state index contributed by atoms with van der Waals surface area (Å²) < 4.78 is 5.49. The standard InChI is InChI=1S/C15H12N2O4/c18-15(11-5-1-2-6-12(11)17(19)20)16-9-10-21-14-8-4-3-7-13(14)16/h1-8H,9-10H2. The van der Waals surface area contributed by atoms with E-state index >= 15 is 0 Å². The number of hydrogen-bond acceptors (Lipinski definition) is 4. The highest BCUT2D eigenvalue weighted by Crippen LogP contribution is 2.33. The molecular formula is C15H12N2O4. The summed E-state index contributed by atoms with van der Waals surface area (Å²) in [5, 5.41) is 11.1. The van der Waals surface area contributed by atoms with E-state index in [-0.39, 0.29) is 11.3 Å². The van der Waals surface area contributed by atoms with E-state index in [1.54, 1.807) is 30.3 Å². The molecule has 0 aliphatic carbocycles. The molecule has 6 heteroatoms. The Bertz CT molecular complexity index is 714. The third-order valence-electron chi connectivity index (χ3n) is 3.30. The van der Waals surface area contributed by atoms with Crippen LogP contribution >= 0.6 is 0 Å². The Morgan fingerprint density at radius 1 is 1.14 bits per heavy atom. The lowest BCUT2D eigenvalue weighted by Crippen LogP contribution is -2.38. The number of ether oxygens (including phenoxy) is 1. The highest BCUT2D eigenvalue weighted by molar-refractivity contribution is 6.09. The van der Waals surface area contributed by atoms with Gasteiger partial charge in [-0.1, -0.05) is 24.3 Å². The number of nitro groups is 1. The lowest BCUT2D eigenvalue weighted by molar-refractivity contribution is -0.385. The van der Waals surface area contributed by atoms with E-state index in [0.29, 0.717) is 24.6 Å². The number of carbonyl (C=O) groups excluding carboxylic acids is 1. The Kier molecular flexibility index (Phi) is 3.27. The molecule has 2 aromatic rings. The average molecular weight is 284 g/mol. The molecule has 0 saturated carbocycles. The highest BCUT2D eigenvalue weighted by atomic mass is 16.6. The van der Waals surface area contributed by atoms with Gasteiger partial charge in [0.2, 0.25) is 0 Å². The first-order valence-electron chi connectivity index (χ1n) is 6.45. The van der Waals surface area contributed by atoms with Gasteiger partial charge in [-0.15, -0.1) is 0 Å². The summed E-state index contributed by atoms with van der Waals surface area (Å²) in [4.78, 5) is 24.7. The zero-order valence-electron chi connectivity index (χ0n) is 11.1. The first kappa shape index (κ1) is 13.1. The number of fused-ring (bicyclic) bond motifs is 1. The lowest BCUT2D eigenvalue weighted by atomic mass is 10.1. The Balaban J connectivity index is 2.03. The maximum atomic E-state index is 12.7.